The summed E-state index contributed by atoms with van der Waals surface area (Å²) in [5.74, 6) is -0.362. The minimum atomic E-state index is -3.04. The Kier molecular flexibility index (Phi) is 5.78. The number of hydrogen-bond donors (Lipinski definition) is 0. The van der Waals surface area contributed by atoms with Crippen LogP contribution in [0.4, 0.5) is 0 Å². The van der Waals surface area contributed by atoms with Gasteiger partial charge in [0.1, 0.15) is 0 Å². The van der Waals surface area contributed by atoms with Crippen molar-refractivity contribution in [3.63, 3.8) is 0 Å². The maximum atomic E-state index is 12.0. The number of sulfone groups is 1. The van der Waals surface area contributed by atoms with Crippen molar-refractivity contribution in [1.82, 2.24) is 4.90 Å². The SMILES string of the molecule is CCCC(=O)N(CCC(=O)OC)[C@@H]1CCS(=O)(=O)C1. The lowest BCUT2D eigenvalue weighted by Gasteiger charge is -2.28. The quantitative estimate of drug-likeness (QED) is 0.660. The summed E-state index contributed by atoms with van der Waals surface area (Å²) in [6.45, 7) is 2.12. The normalized spacial score (nSPS) is 21.1. The van der Waals surface area contributed by atoms with Crippen LogP contribution in [0.15, 0.2) is 0 Å². The van der Waals surface area contributed by atoms with Crippen LogP contribution >= 0.6 is 0 Å². The lowest BCUT2D eigenvalue weighted by atomic mass is 10.2. The van der Waals surface area contributed by atoms with Gasteiger partial charge in [-0.15, -0.1) is 0 Å². The molecule has 0 unspecified atom stereocenters. The summed E-state index contributed by atoms with van der Waals surface area (Å²) in [6, 6.07) is -0.297. The van der Waals surface area contributed by atoms with E-state index in [1.54, 1.807) is 0 Å². The maximum absolute atomic E-state index is 12.0. The van der Waals surface area contributed by atoms with Gasteiger partial charge in [-0.25, -0.2) is 8.42 Å². The first-order chi connectivity index (χ1) is 8.89. The predicted octanol–water partition coefficient (Wildman–Crippen LogP) is 0.365. The third-order valence-electron chi connectivity index (χ3n) is 3.22. The zero-order valence-corrected chi connectivity index (χ0v) is 12.2. The van der Waals surface area contributed by atoms with E-state index in [1.807, 2.05) is 6.92 Å². The van der Waals surface area contributed by atoms with E-state index in [2.05, 4.69) is 4.74 Å². The van der Waals surface area contributed by atoms with Crippen molar-refractivity contribution in [3.8, 4) is 0 Å². The maximum Gasteiger partial charge on any atom is 0.307 e. The van der Waals surface area contributed by atoms with Crippen molar-refractivity contribution in [1.29, 1.82) is 0 Å². The third-order valence-corrected chi connectivity index (χ3v) is 4.97. The van der Waals surface area contributed by atoms with Crippen LogP contribution in [0.1, 0.15) is 32.6 Å². The Morgan fingerprint density at radius 2 is 2.00 bits per heavy atom. The Bertz CT molecular complexity index is 431. The molecule has 0 bridgehead atoms. The molecule has 1 aliphatic rings. The van der Waals surface area contributed by atoms with Crippen molar-refractivity contribution < 1.29 is 22.7 Å². The van der Waals surface area contributed by atoms with Crippen molar-refractivity contribution in [3.05, 3.63) is 0 Å². The molecule has 1 fully saturated rings. The summed E-state index contributed by atoms with van der Waals surface area (Å²) < 4.78 is 27.5. The van der Waals surface area contributed by atoms with E-state index >= 15 is 0 Å². The second kappa shape index (κ2) is 6.88. The second-order valence-corrected chi connectivity index (χ2v) is 6.95. The molecule has 19 heavy (non-hydrogen) atoms. The van der Waals surface area contributed by atoms with Crippen molar-refractivity contribution in [2.75, 3.05) is 25.2 Å². The van der Waals surface area contributed by atoms with Gasteiger partial charge in [0.25, 0.3) is 0 Å². The van der Waals surface area contributed by atoms with Gasteiger partial charge in [-0.05, 0) is 12.8 Å². The molecule has 1 rings (SSSR count). The smallest absolute Gasteiger partial charge is 0.307 e. The molecule has 0 N–H and O–H groups in total. The highest BCUT2D eigenvalue weighted by Crippen LogP contribution is 2.19. The Morgan fingerprint density at radius 3 is 2.47 bits per heavy atom. The monoisotopic (exact) mass is 291 g/mol. The van der Waals surface area contributed by atoms with E-state index < -0.39 is 15.8 Å². The number of nitrogens with zero attached hydrogens (tertiary/aromatic N) is 1. The first-order valence-corrected chi connectivity index (χ1v) is 8.28. The second-order valence-electron chi connectivity index (χ2n) is 4.72. The van der Waals surface area contributed by atoms with Crippen LogP contribution in [-0.2, 0) is 24.2 Å². The van der Waals surface area contributed by atoms with Gasteiger partial charge in [0.15, 0.2) is 9.84 Å². The summed E-state index contributed by atoms with van der Waals surface area (Å²) in [5.41, 5.74) is 0. The number of rotatable bonds is 6. The Hall–Kier alpha value is -1.11. The third kappa shape index (κ3) is 4.81. The topological polar surface area (TPSA) is 80.8 Å². The zero-order valence-electron chi connectivity index (χ0n) is 11.4. The molecular formula is C12H21NO5S. The highest BCUT2D eigenvalue weighted by Gasteiger charge is 2.34. The lowest BCUT2D eigenvalue weighted by Crippen LogP contribution is -2.42. The largest absolute Gasteiger partial charge is 0.469 e. The number of methoxy groups -OCH3 is 1. The van der Waals surface area contributed by atoms with Crippen LogP contribution < -0.4 is 0 Å². The summed E-state index contributed by atoms with van der Waals surface area (Å²) in [4.78, 5) is 24.7. The number of carbonyl (C=O) groups excluding carboxylic acids is 2. The lowest BCUT2D eigenvalue weighted by molar-refractivity contribution is -0.142. The molecule has 0 aromatic carbocycles. The van der Waals surface area contributed by atoms with E-state index in [-0.39, 0.29) is 36.4 Å². The molecule has 6 nitrogen and oxygen atoms in total. The Labute approximate surface area is 114 Å². The fourth-order valence-electron chi connectivity index (χ4n) is 2.20. The fourth-order valence-corrected chi connectivity index (χ4v) is 3.93. The first-order valence-electron chi connectivity index (χ1n) is 6.46. The zero-order chi connectivity index (χ0) is 14.5. The van der Waals surface area contributed by atoms with E-state index in [0.717, 1.165) is 0 Å². The van der Waals surface area contributed by atoms with Crippen molar-refractivity contribution >= 4 is 21.7 Å². The molecule has 1 atom stereocenters. The predicted molar refractivity (Wildman–Crippen MR) is 70.3 cm³/mol. The molecule has 1 saturated heterocycles. The summed E-state index contributed by atoms with van der Waals surface area (Å²) in [6.07, 6.45) is 1.63. The van der Waals surface area contributed by atoms with Gasteiger partial charge in [-0.2, -0.15) is 0 Å². The van der Waals surface area contributed by atoms with Crippen molar-refractivity contribution in [2.45, 2.75) is 38.6 Å². The molecule has 0 saturated carbocycles. The molecular weight excluding hydrogens is 270 g/mol. The number of ether oxygens (including phenoxy) is 1. The summed E-state index contributed by atoms with van der Waals surface area (Å²) >= 11 is 0. The highest BCUT2D eigenvalue weighted by molar-refractivity contribution is 7.91. The summed E-state index contributed by atoms with van der Waals surface area (Å²) in [7, 11) is -1.75. The number of carbonyl (C=O) groups is 2. The molecule has 0 aromatic rings. The van der Waals surface area contributed by atoms with Crippen LogP contribution in [0, 0.1) is 0 Å². The number of hydrogen-bond acceptors (Lipinski definition) is 5. The van der Waals surface area contributed by atoms with Gasteiger partial charge < -0.3 is 9.64 Å². The first kappa shape index (κ1) is 15.9. The van der Waals surface area contributed by atoms with Crippen LogP contribution in [0.5, 0.6) is 0 Å². The minimum absolute atomic E-state index is 0.00360. The van der Waals surface area contributed by atoms with Gasteiger partial charge in [0, 0.05) is 19.0 Å². The Balaban J connectivity index is 2.69. The van der Waals surface area contributed by atoms with Gasteiger partial charge in [-0.3, -0.25) is 9.59 Å². The summed E-state index contributed by atoms with van der Waals surface area (Å²) in [5, 5.41) is 0. The van der Waals surface area contributed by atoms with Crippen LogP contribution in [0.2, 0.25) is 0 Å². The van der Waals surface area contributed by atoms with Gasteiger partial charge in [0.2, 0.25) is 5.91 Å². The molecule has 1 aliphatic heterocycles. The van der Waals surface area contributed by atoms with E-state index in [4.69, 9.17) is 0 Å². The van der Waals surface area contributed by atoms with Gasteiger partial charge >= 0.3 is 5.97 Å². The van der Waals surface area contributed by atoms with Crippen LogP contribution in [-0.4, -0.2) is 56.4 Å². The van der Waals surface area contributed by atoms with Crippen LogP contribution in [0.3, 0.4) is 0 Å². The molecule has 7 heteroatoms. The van der Waals surface area contributed by atoms with E-state index in [1.165, 1.54) is 12.0 Å². The molecule has 0 radical (unpaired) electrons. The van der Waals surface area contributed by atoms with Gasteiger partial charge in [0.05, 0.1) is 25.0 Å². The molecule has 0 spiro atoms. The van der Waals surface area contributed by atoms with E-state index in [0.29, 0.717) is 19.3 Å². The molecule has 1 heterocycles. The van der Waals surface area contributed by atoms with Crippen molar-refractivity contribution in [2.24, 2.45) is 0 Å². The molecule has 0 aliphatic carbocycles. The fraction of sp³-hybridized carbons (Fsp3) is 0.833. The average Bonchev–Trinajstić information content (AvgIpc) is 2.70. The number of esters is 1. The minimum Gasteiger partial charge on any atom is -0.469 e. The molecule has 1 amide bonds. The average molecular weight is 291 g/mol. The van der Waals surface area contributed by atoms with Gasteiger partial charge in [-0.1, -0.05) is 6.92 Å². The van der Waals surface area contributed by atoms with E-state index in [9.17, 15) is 18.0 Å². The molecule has 110 valence electrons. The standard InChI is InChI=1S/C12H21NO5S/c1-3-4-11(14)13(7-5-12(15)18-2)10-6-8-19(16,17)9-10/h10H,3-9H2,1-2H3/t10-/m1/s1. The highest BCUT2D eigenvalue weighted by atomic mass is 32.2. The number of amides is 1. The Morgan fingerprint density at radius 1 is 1.32 bits per heavy atom. The molecule has 0 aromatic heterocycles. The van der Waals surface area contributed by atoms with Crippen LogP contribution in [0.25, 0.3) is 0 Å².